The van der Waals surface area contributed by atoms with Crippen LogP contribution in [0.4, 0.5) is 10.2 Å². The van der Waals surface area contributed by atoms with Gasteiger partial charge in [-0.05, 0) is 42.2 Å². The first-order valence-electron chi connectivity index (χ1n) is 10.4. The Kier molecular flexibility index (Phi) is 8.82. The topological polar surface area (TPSA) is 51.1 Å². The van der Waals surface area contributed by atoms with Crippen LogP contribution >= 0.6 is 23.2 Å². The van der Waals surface area contributed by atoms with Crippen LogP contribution in [0.2, 0.25) is 10.2 Å². The molecule has 32 heavy (non-hydrogen) atoms. The molecule has 0 saturated carbocycles. The van der Waals surface area contributed by atoms with Crippen LogP contribution in [-0.4, -0.2) is 28.1 Å². The maximum absolute atomic E-state index is 12.7. The van der Waals surface area contributed by atoms with Gasteiger partial charge in [-0.15, -0.1) is 0 Å². The van der Waals surface area contributed by atoms with Crippen molar-refractivity contribution in [2.75, 3.05) is 18.1 Å². The minimum absolute atomic E-state index is 0.190. The fourth-order valence-corrected chi connectivity index (χ4v) is 3.60. The third kappa shape index (κ3) is 6.90. The number of benzene rings is 1. The number of aryl methyl sites for hydroxylation is 1. The van der Waals surface area contributed by atoms with Crippen molar-refractivity contribution in [2.45, 2.75) is 32.7 Å². The fourth-order valence-electron chi connectivity index (χ4n) is 3.14. The Morgan fingerprint density at radius 2 is 1.81 bits per heavy atom. The Labute approximate surface area is 197 Å². The average Bonchev–Trinajstić information content (AvgIpc) is 2.79. The van der Waals surface area contributed by atoms with Gasteiger partial charge in [-0.25, -0.2) is 19.3 Å². The summed E-state index contributed by atoms with van der Waals surface area (Å²) >= 11 is 12.5. The highest BCUT2D eigenvalue weighted by Gasteiger charge is 2.16. The summed E-state index contributed by atoms with van der Waals surface area (Å²) in [6.07, 6.45) is 4.98. The molecule has 3 aromatic rings. The maximum atomic E-state index is 12.7. The third-order valence-corrected chi connectivity index (χ3v) is 5.49. The van der Waals surface area contributed by atoms with Crippen LogP contribution in [0, 0.1) is 0 Å². The standard InChI is InChI=1S/C24H25Cl2FN4O/c1-3-21-23(26)24(30-16-29-21)31(15-19-6-9-22(25)28-14-19)12-10-18-4-7-20(8-5-18)32-13-11-17(2)27/h4-9,14,16H,2-3,10-13,15H2,1H3. The van der Waals surface area contributed by atoms with Crippen LogP contribution in [0.3, 0.4) is 0 Å². The van der Waals surface area contributed by atoms with Crippen molar-refractivity contribution in [2.24, 2.45) is 0 Å². The first-order valence-corrected chi connectivity index (χ1v) is 11.1. The number of anilines is 1. The van der Waals surface area contributed by atoms with E-state index >= 15 is 0 Å². The summed E-state index contributed by atoms with van der Waals surface area (Å²) in [6.45, 7) is 6.78. The summed E-state index contributed by atoms with van der Waals surface area (Å²) in [5.74, 6) is 1.01. The molecule has 168 valence electrons. The largest absolute Gasteiger partial charge is 0.493 e. The molecular weight excluding hydrogens is 450 g/mol. The normalized spacial score (nSPS) is 10.8. The Morgan fingerprint density at radius 1 is 1.06 bits per heavy atom. The molecule has 0 saturated heterocycles. The summed E-state index contributed by atoms with van der Waals surface area (Å²) in [7, 11) is 0. The van der Waals surface area contributed by atoms with Crippen LogP contribution < -0.4 is 9.64 Å². The van der Waals surface area contributed by atoms with Crippen LogP contribution in [0.25, 0.3) is 0 Å². The highest BCUT2D eigenvalue weighted by atomic mass is 35.5. The Balaban J connectivity index is 1.72. The zero-order valence-electron chi connectivity index (χ0n) is 17.9. The van der Waals surface area contributed by atoms with Crippen molar-refractivity contribution in [3.8, 4) is 5.75 Å². The van der Waals surface area contributed by atoms with Crippen molar-refractivity contribution >= 4 is 29.0 Å². The number of pyridine rings is 1. The lowest BCUT2D eigenvalue weighted by Gasteiger charge is -2.25. The predicted molar refractivity (Wildman–Crippen MR) is 127 cm³/mol. The first-order chi connectivity index (χ1) is 15.5. The SMILES string of the molecule is C=C(F)CCOc1ccc(CCN(Cc2ccc(Cl)nc2)c2ncnc(CC)c2Cl)cc1. The van der Waals surface area contributed by atoms with Crippen molar-refractivity contribution < 1.29 is 9.13 Å². The van der Waals surface area contributed by atoms with E-state index in [0.29, 0.717) is 34.8 Å². The first kappa shape index (κ1) is 24.0. The Morgan fingerprint density at radius 3 is 2.47 bits per heavy atom. The Bertz CT molecular complexity index is 1030. The van der Waals surface area contributed by atoms with E-state index in [2.05, 4.69) is 26.4 Å². The second-order valence-electron chi connectivity index (χ2n) is 7.23. The molecule has 8 heteroatoms. The molecule has 0 N–H and O–H groups in total. The summed E-state index contributed by atoms with van der Waals surface area (Å²) < 4.78 is 18.3. The summed E-state index contributed by atoms with van der Waals surface area (Å²) in [5, 5.41) is 1.02. The summed E-state index contributed by atoms with van der Waals surface area (Å²) in [6, 6.07) is 11.5. The number of hydrogen-bond donors (Lipinski definition) is 0. The van der Waals surface area contributed by atoms with Gasteiger partial charge in [0.15, 0.2) is 5.82 Å². The summed E-state index contributed by atoms with van der Waals surface area (Å²) in [4.78, 5) is 15.0. The molecule has 5 nitrogen and oxygen atoms in total. The van der Waals surface area contributed by atoms with Gasteiger partial charge in [0.25, 0.3) is 0 Å². The summed E-state index contributed by atoms with van der Waals surface area (Å²) in [5.41, 5.74) is 2.95. The molecule has 0 amide bonds. The minimum Gasteiger partial charge on any atom is -0.493 e. The highest BCUT2D eigenvalue weighted by Crippen LogP contribution is 2.27. The molecule has 0 aliphatic heterocycles. The quantitative estimate of drug-likeness (QED) is 0.307. The van der Waals surface area contributed by atoms with Gasteiger partial charge in [0.2, 0.25) is 0 Å². The fraction of sp³-hybridized carbons (Fsp3) is 0.292. The highest BCUT2D eigenvalue weighted by molar-refractivity contribution is 6.33. The third-order valence-electron chi connectivity index (χ3n) is 4.88. The molecular formula is C24H25Cl2FN4O. The second kappa shape index (κ2) is 11.8. The Hall–Kier alpha value is -2.70. The van der Waals surface area contributed by atoms with E-state index in [1.165, 1.54) is 0 Å². The molecule has 0 atom stereocenters. The lowest BCUT2D eigenvalue weighted by atomic mass is 10.1. The van der Waals surface area contributed by atoms with Gasteiger partial charge in [-0.2, -0.15) is 0 Å². The predicted octanol–water partition coefficient (Wildman–Crippen LogP) is 6.24. The van der Waals surface area contributed by atoms with Crippen molar-refractivity contribution in [3.05, 3.63) is 88.3 Å². The molecule has 0 aliphatic carbocycles. The van der Waals surface area contributed by atoms with E-state index < -0.39 is 0 Å². The van der Waals surface area contributed by atoms with Crippen LogP contribution in [0.5, 0.6) is 5.75 Å². The zero-order chi connectivity index (χ0) is 22.9. The molecule has 0 aliphatic rings. The van der Waals surface area contributed by atoms with Crippen molar-refractivity contribution in [3.63, 3.8) is 0 Å². The molecule has 0 bridgehead atoms. The van der Waals surface area contributed by atoms with Gasteiger partial charge in [-0.1, -0.05) is 54.9 Å². The van der Waals surface area contributed by atoms with E-state index in [4.69, 9.17) is 27.9 Å². The molecule has 0 unspecified atom stereocenters. The average molecular weight is 475 g/mol. The molecule has 0 radical (unpaired) electrons. The van der Waals surface area contributed by atoms with Gasteiger partial charge in [0.1, 0.15) is 22.3 Å². The molecule has 0 fully saturated rings. The van der Waals surface area contributed by atoms with E-state index in [1.54, 1.807) is 18.6 Å². The number of nitrogens with zero attached hydrogens (tertiary/aromatic N) is 4. The molecule has 1 aromatic carbocycles. The lowest BCUT2D eigenvalue weighted by molar-refractivity contribution is 0.311. The molecule has 2 aromatic heterocycles. The van der Waals surface area contributed by atoms with Gasteiger partial charge in [0.05, 0.1) is 18.1 Å². The van der Waals surface area contributed by atoms with E-state index in [-0.39, 0.29) is 18.9 Å². The number of rotatable bonds is 11. The monoisotopic (exact) mass is 474 g/mol. The van der Waals surface area contributed by atoms with Gasteiger partial charge in [-0.3, -0.25) is 0 Å². The molecule has 2 heterocycles. The van der Waals surface area contributed by atoms with Crippen molar-refractivity contribution in [1.82, 2.24) is 15.0 Å². The van der Waals surface area contributed by atoms with Gasteiger partial charge < -0.3 is 9.64 Å². The lowest BCUT2D eigenvalue weighted by Crippen LogP contribution is -2.27. The van der Waals surface area contributed by atoms with Crippen molar-refractivity contribution in [1.29, 1.82) is 0 Å². The number of halogens is 3. The van der Waals surface area contributed by atoms with Crippen LogP contribution in [0.15, 0.2) is 61.3 Å². The smallest absolute Gasteiger partial charge is 0.151 e. The van der Waals surface area contributed by atoms with E-state index in [1.807, 2.05) is 37.3 Å². The van der Waals surface area contributed by atoms with Crippen LogP contribution in [0.1, 0.15) is 30.2 Å². The second-order valence-corrected chi connectivity index (χ2v) is 8.00. The van der Waals surface area contributed by atoms with E-state index in [0.717, 1.165) is 29.7 Å². The molecule has 0 spiro atoms. The van der Waals surface area contributed by atoms with Gasteiger partial charge >= 0.3 is 0 Å². The zero-order valence-corrected chi connectivity index (χ0v) is 19.4. The number of hydrogen-bond acceptors (Lipinski definition) is 5. The molecule has 3 rings (SSSR count). The van der Waals surface area contributed by atoms with Crippen LogP contribution in [-0.2, 0) is 19.4 Å². The maximum Gasteiger partial charge on any atom is 0.151 e. The number of aromatic nitrogens is 3. The number of ether oxygens (including phenoxy) is 1. The minimum atomic E-state index is -0.382. The van der Waals surface area contributed by atoms with E-state index in [9.17, 15) is 4.39 Å². The van der Waals surface area contributed by atoms with Gasteiger partial charge in [0, 0.05) is 25.7 Å².